The Morgan fingerprint density at radius 2 is 1.95 bits per heavy atom. The summed E-state index contributed by atoms with van der Waals surface area (Å²) in [6.45, 7) is 5.54. The quantitative estimate of drug-likeness (QED) is 0.284. The highest BCUT2D eigenvalue weighted by atomic mass is 32.1. The maximum absolute atomic E-state index is 13.1. The minimum atomic E-state index is -0.215. The van der Waals surface area contributed by atoms with Crippen LogP contribution in [0.2, 0.25) is 0 Å². The van der Waals surface area contributed by atoms with Gasteiger partial charge in [0.2, 0.25) is 5.91 Å². The van der Waals surface area contributed by atoms with Crippen LogP contribution in [0.3, 0.4) is 0 Å². The van der Waals surface area contributed by atoms with Gasteiger partial charge in [-0.2, -0.15) is 17.7 Å². The molecule has 1 saturated heterocycles. The lowest BCUT2D eigenvalue weighted by Gasteiger charge is -2.33. The molecule has 0 aliphatic carbocycles. The molecule has 1 fully saturated rings. The molecule has 202 valence electrons. The zero-order valence-corrected chi connectivity index (χ0v) is 23.1. The molecule has 2 amide bonds. The molecule has 9 nitrogen and oxygen atoms in total. The van der Waals surface area contributed by atoms with Crippen molar-refractivity contribution >= 4 is 47.0 Å². The van der Waals surface area contributed by atoms with E-state index in [0.29, 0.717) is 52.7 Å². The van der Waals surface area contributed by atoms with Gasteiger partial charge in [-0.05, 0) is 54.3 Å². The molecule has 1 aliphatic heterocycles. The van der Waals surface area contributed by atoms with Crippen LogP contribution in [0.25, 0.3) is 22.3 Å². The first-order chi connectivity index (χ1) is 18.9. The average molecular weight is 544 g/mol. The predicted molar refractivity (Wildman–Crippen MR) is 157 cm³/mol. The van der Waals surface area contributed by atoms with Crippen LogP contribution in [-0.4, -0.2) is 55.3 Å². The second kappa shape index (κ2) is 11.4. The molecule has 2 aromatic heterocycles. The summed E-state index contributed by atoms with van der Waals surface area (Å²) < 4.78 is 1.87. The van der Waals surface area contributed by atoms with Crippen molar-refractivity contribution in [3.05, 3.63) is 66.0 Å². The van der Waals surface area contributed by atoms with E-state index in [0.717, 1.165) is 30.6 Å². The number of nitrogens with two attached hydrogens (primary N) is 1. The Morgan fingerprint density at radius 1 is 1.15 bits per heavy atom. The van der Waals surface area contributed by atoms with Gasteiger partial charge in [-0.15, -0.1) is 0 Å². The fraction of sp³-hybridized carbons (Fsp3) is 0.345. The van der Waals surface area contributed by atoms with Crippen LogP contribution in [-0.2, 0) is 4.79 Å². The van der Waals surface area contributed by atoms with Gasteiger partial charge in [0, 0.05) is 36.3 Å². The van der Waals surface area contributed by atoms with E-state index in [2.05, 4.69) is 41.8 Å². The minimum absolute atomic E-state index is 0.0477. The highest BCUT2D eigenvalue weighted by molar-refractivity contribution is 7.80. The Balaban J connectivity index is 1.46. The fourth-order valence-corrected chi connectivity index (χ4v) is 5.24. The van der Waals surface area contributed by atoms with E-state index >= 15 is 0 Å². The van der Waals surface area contributed by atoms with Gasteiger partial charge in [0.1, 0.15) is 17.8 Å². The summed E-state index contributed by atoms with van der Waals surface area (Å²) in [5.41, 5.74) is 10.7. The molecule has 0 spiro atoms. The van der Waals surface area contributed by atoms with Crippen molar-refractivity contribution in [2.45, 2.75) is 45.1 Å². The first kappa shape index (κ1) is 26.7. The highest BCUT2D eigenvalue weighted by Gasteiger charge is 2.28. The number of hydrogen-bond donors (Lipinski definition) is 3. The number of nitrogens with one attached hydrogen (secondary N) is 1. The molecule has 0 unspecified atom stereocenters. The van der Waals surface area contributed by atoms with Crippen LogP contribution < -0.4 is 11.1 Å². The largest absolute Gasteiger partial charge is 0.383 e. The molecular formula is C29H33N7O2S. The normalized spacial score (nSPS) is 15.6. The summed E-state index contributed by atoms with van der Waals surface area (Å²) in [6, 6.07) is 15.1. The average Bonchev–Trinajstić information content (AvgIpc) is 3.35. The van der Waals surface area contributed by atoms with Crippen molar-refractivity contribution < 1.29 is 9.59 Å². The van der Waals surface area contributed by atoms with E-state index in [1.165, 1.54) is 11.9 Å². The van der Waals surface area contributed by atoms with E-state index in [-0.39, 0.29) is 17.9 Å². The Morgan fingerprint density at radius 3 is 2.69 bits per heavy atom. The van der Waals surface area contributed by atoms with Crippen molar-refractivity contribution in [2.75, 3.05) is 29.9 Å². The standard InChI is InChI=1S/C29H33N7O2S/c1-18(2)19-8-10-22(11-9-19)33-29(38)21-6-3-5-20(15-21)26-25-27(30)31-17-32-28(25)36(34-26)23-7-4-13-35(16-23)24(37)12-14-39/h3,5-6,8-11,15,17-18,23,39H,4,7,12-14,16H2,1-2H3,(H,33,38)(H2,30,31,32)/t23-/m0/s1. The summed E-state index contributed by atoms with van der Waals surface area (Å²) in [5.74, 6) is 1.14. The molecular weight excluding hydrogens is 510 g/mol. The topological polar surface area (TPSA) is 119 Å². The fourth-order valence-electron chi connectivity index (χ4n) is 5.05. The number of rotatable bonds is 7. The van der Waals surface area contributed by atoms with Gasteiger partial charge in [-0.25, -0.2) is 14.6 Å². The Kier molecular flexibility index (Phi) is 7.83. The smallest absolute Gasteiger partial charge is 0.255 e. The lowest BCUT2D eigenvalue weighted by atomic mass is 10.0. The molecule has 5 rings (SSSR count). The zero-order chi connectivity index (χ0) is 27.5. The summed E-state index contributed by atoms with van der Waals surface area (Å²) in [5, 5.41) is 8.56. The number of likely N-dealkylation sites (tertiary alicyclic amines) is 1. The first-order valence-corrected chi connectivity index (χ1v) is 13.9. The molecule has 1 atom stereocenters. The Bertz CT molecular complexity index is 1500. The number of hydrogen-bond acceptors (Lipinski definition) is 7. The zero-order valence-electron chi connectivity index (χ0n) is 22.2. The van der Waals surface area contributed by atoms with Gasteiger partial charge in [-0.1, -0.05) is 38.1 Å². The number of fused-ring (bicyclic) bond motifs is 1. The molecule has 10 heteroatoms. The van der Waals surface area contributed by atoms with Gasteiger partial charge in [0.25, 0.3) is 5.91 Å². The van der Waals surface area contributed by atoms with Gasteiger partial charge < -0.3 is 16.0 Å². The monoisotopic (exact) mass is 543 g/mol. The van der Waals surface area contributed by atoms with Crippen LogP contribution in [0, 0.1) is 0 Å². The van der Waals surface area contributed by atoms with Gasteiger partial charge in [0.15, 0.2) is 5.65 Å². The lowest BCUT2D eigenvalue weighted by molar-refractivity contribution is -0.132. The Labute approximate surface area is 233 Å². The second-order valence-corrected chi connectivity index (χ2v) is 10.6. The molecule has 3 N–H and O–H groups in total. The summed E-state index contributed by atoms with van der Waals surface area (Å²) in [4.78, 5) is 36.3. The number of thiol groups is 1. The maximum Gasteiger partial charge on any atom is 0.255 e. The van der Waals surface area contributed by atoms with Crippen LogP contribution in [0.5, 0.6) is 0 Å². The third-order valence-corrected chi connectivity index (χ3v) is 7.40. The van der Waals surface area contributed by atoms with Gasteiger partial charge in [-0.3, -0.25) is 9.59 Å². The molecule has 39 heavy (non-hydrogen) atoms. The number of aromatic nitrogens is 4. The number of nitrogens with zero attached hydrogens (tertiary/aromatic N) is 5. The van der Waals surface area contributed by atoms with E-state index < -0.39 is 0 Å². The lowest BCUT2D eigenvalue weighted by Crippen LogP contribution is -2.41. The number of carbonyl (C=O) groups is 2. The van der Waals surface area contributed by atoms with Crippen LogP contribution in [0.1, 0.15) is 61.0 Å². The van der Waals surface area contributed by atoms with Crippen molar-refractivity contribution in [3.63, 3.8) is 0 Å². The number of carbonyl (C=O) groups excluding carboxylic acids is 2. The number of nitrogen functional groups attached to an aromatic ring is 1. The van der Waals surface area contributed by atoms with E-state index in [4.69, 9.17) is 10.8 Å². The predicted octanol–water partition coefficient (Wildman–Crippen LogP) is 4.93. The molecule has 1 aliphatic rings. The van der Waals surface area contributed by atoms with Crippen molar-refractivity contribution in [3.8, 4) is 11.3 Å². The first-order valence-electron chi connectivity index (χ1n) is 13.2. The number of amides is 2. The van der Waals surface area contributed by atoms with Crippen LogP contribution >= 0.6 is 12.6 Å². The minimum Gasteiger partial charge on any atom is -0.383 e. The van der Waals surface area contributed by atoms with Gasteiger partial charge in [0.05, 0.1) is 11.4 Å². The summed E-state index contributed by atoms with van der Waals surface area (Å²) in [6.07, 6.45) is 3.57. The third-order valence-electron chi connectivity index (χ3n) is 7.17. The third kappa shape index (κ3) is 5.61. The van der Waals surface area contributed by atoms with Crippen molar-refractivity contribution in [2.24, 2.45) is 0 Å². The number of benzene rings is 2. The van der Waals surface area contributed by atoms with Crippen molar-refractivity contribution in [1.82, 2.24) is 24.6 Å². The Hall–Kier alpha value is -3.92. The van der Waals surface area contributed by atoms with Crippen LogP contribution in [0.4, 0.5) is 11.5 Å². The second-order valence-electron chi connectivity index (χ2n) is 10.2. The summed E-state index contributed by atoms with van der Waals surface area (Å²) in [7, 11) is 0. The molecule has 2 aromatic carbocycles. The van der Waals surface area contributed by atoms with Crippen LogP contribution in [0.15, 0.2) is 54.9 Å². The number of piperidine rings is 1. The van der Waals surface area contributed by atoms with E-state index in [9.17, 15) is 9.59 Å². The van der Waals surface area contributed by atoms with Gasteiger partial charge >= 0.3 is 0 Å². The number of anilines is 2. The van der Waals surface area contributed by atoms with Crippen molar-refractivity contribution in [1.29, 1.82) is 0 Å². The SMILES string of the molecule is CC(C)c1ccc(NC(=O)c2cccc(-c3nn([C@H]4CCCN(C(=O)CCS)C4)c4ncnc(N)c34)c2)cc1. The van der Waals surface area contributed by atoms with E-state index in [1.54, 1.807) is 12.1 Å². The highest BCUT2D eigenvalue weighted by Crippen LogP contribution is 2.34. The maximum atomic E-state index is 13.1. The summed E-state index contributed by atoms with van der Waals surface area (Å²) >= 11 is 4.21. The van der Waals surface area contributed by atoms with E-state index in [1.807, 2.05) is 46.0 Å². The molecule has 0 radical (unpaired) electrons. The molecule has 4 aromatic rings. The molecule has 0 bridgehead atoms. The molecule has 3 heterocycles. The molecule has 0 saturated carbocycles.